The van der Waals surface area contributed by atoms with E-state index in [4.69, 9.17) is 5.73 Å². The van der Waals surface area contributed by atoms with Crippen molar-refractivity contribution in [3.05, 3.63) is 18.7 Å². The topological polar surface area (TPSA) is 72.9 Å². The van der Waals surface area contributed by atoms with Gasteiger partial charge in [0.05, 0.1) is 17.9 Å². The first-order valence-corrected chi connectivity index (χ1v) is 7.22. The molecule has 2 atom stereocenters. The third kappa shape index (κ3) is 4.63. The summed E-state index contributed by atoms with van der Waals surface area (Å²) >= 11 is 0. The Morgan fingerprint density at radius 3 is 2.50 bits per heavy atom. The Balaban J connectivity index is 2.78. The highest BCUT2D eigenvalue weighted by Crippen LogP contribution is 2.22. The van der Waals surface area contributed by atoms with Crippen LogP contribution in [0.4, 0.5) is 0 Å². The van der Waals surface area contributed by atoms with Crippen LogP contribution in [0.15, 0.2) is 18.7 Å². The van der Waals surface area contributed by atoms with Crippen LogP contribution in [0.2, 0.25) is 0 Å². The van der Waals surface area contributed by atoms with E-state index in [-0.39, 0.29) is 17.4 Å². The number of rotatable bonds is 6. The Morgan fingerprint density at radius 2 is 2.05 bits per heavy atom. The average molecular weight is 280 g/mol. The number of nitrogens with zero attached hydrogens (tertiary/aromatic N) is 2. The van der Waals surface area contributed by atoms with Gasteiger partial charge in [-0.1, -0.05) is 34.1 Å². The summed E-state index contributed by atoms with van der Waals surface area (Å²) in [4.78, 5) is 16.4. The van der Waals surface area contributed by atoms with Crippen molar-refractivity contribution < 1.29 is 4.79 Å². The second-order valence-electron chi connectivity index (χ2n) is 6.82. The van der Waals surface area contributed by atoms with E-state index in [0.29, 0.717) is 13.0 Å². The number of nitrogens with one attached hydrogen (secondary N) is 1. The first-order chi connectivity index (χ1) is 9.16. The van der Waals surface area contributed by atoms with Gasteiger partial charge in [0.2, 0.25) is 5.91 Å². The number of carbonyl (C=O) groups excluding carboxylic acids is 1. The summed E-state index contributed by atoms with van der Waals surface area (Å²) in [6.45, 7) is 10.9. The maximum absolute atomic E-state index is 12.4. The average Bonchev–Trinajstić information content (AvgIpc) is 2.79. The fourth-order valence-corrected chi connectivity index (χ4v) is 2.10. The monoisotopic (exact) mass is 280 g/mol. The van der Waals surface area contributed by atoms with E-state index in [1.807, 2.05) is 17.7 Å². The largest absolute Gasteiger partial charge is 0.349 e. The van der Waals surface area contributed by atoms with Gasteiger partial charge in [-0.2, -0.15) is 0 Å². The van der Waals surface area contributed by atoms with Gasteiger partial charge in [-0.25, -0.2) is 4.98 Å². The minimum absolute atomic E-state index is 0.00364. The van der Waals surface area contributed by atoms with Crippen LogP contribution < -0.4 is 11.1 Å². The molecule has 5 heteroatoms. The van der Waals surface area contributed by atoms with Crippen LogP contribution in [0.1, 0.15) is 47.5 Å². The molecule has 0 spiro atoms. The van der Waals surface area contributed by atoms with Gasteiger partial charge in [-0.05, 0) is 18.8 Å². The van der Waals surface area contributed by atoms with Gasteiger partial charge in [0, 0.05) is 18.9 Å². The fourth-order valence-electron chi connectivity index (χ4n) is 2.10. The van der Waals surface area contributed by atoms with Crippen molar-refractivity contribution in [2.75, 3.05) is 0 Å². The van der Waals surface area contributed by atoms with Crippen LogP contribution in [-0.2, 0) is 11.3 Å². The third-order valence-electron chi connectivity index (χ3n) is 3.59. The third-order valence-corrected chi connectivity index (χ3v) is 3.59. The summed E-state index contributed by atoms with van der Waals surface area (Å²) in [6, 6.07) is 0.00364. The Kier molecular flexibility index (Phi) is 5.34. The predicted molar refractivity (Wildman–Crippen MR) is 81.1 cm³/mol. The van der Waals surface area contributed by atoms with Crippen LogP contribution in [0.3, 0.4) is 0 Å². The molecule has 1 amide bonds. The van der Waals surface area contributed by atoms with Crippen molar-refractivity contribution in [3.8, 4) is 0 Å². The van der Waals surface area contributed by atoms with E-state index in [1.165, 1.54) is 0 Å². The highest BCUT2D eigenvalue weighted by molar-refractivity contribution is 5.85. The number of carbonyl (C=O) groups is 1. The molecule has 0 saturated carbocycles. The molecule has 0 aliphatic heterocycles. The minimum atomic E-state index is -0.812. The van der Waals surface area contributed by atoms with E-state index in [9.17, 15) is 4.79 Å². The number of amides is 1. The van der Waals surface area contributed by atoms with Crippen molar-refractivity contribution in [2.24, 2.45) is 11.1 Å². The van der Waals surface area contributed by atoms with Crippen LogP contribution >= 0.6 is 0 Å². The molecular formula is C15H28N4O. The lowest BCUT2D eigenvalue weighted by atomic mass is 9.85. The zero-order valence-corrected chi connectivity index (χ0v) is 13.3. The van der Waals surface area contributed by atoms with Gasteiger partial charge < -0.3 is 15.6 Å². The lowest BCUT2D eigenvalue weighted by molar-refractivity contribution is -0.127. The Hall–Kier alpha value is -1.36. The smallest absolute Gasteiger partial charge is 0.240 e. The van der Waals surface area contributed by atoms with Crippen molar-refractivity contribution in [3.63, 3.8) is 0 Å². The zero-order chi connectivity index (χ0) is 15.4. The van der Waals surface area contributed by atoms with Gasteiger partial charge in [0.1, 0.15) is 0 Å². The molecule has 1 aromatic rings. The molecule has 0 aliphatic rings. The first kappa shape index (κ1) is 16.7. The maximum Gasteiger partial charge on any atom is 0.240 e. The Labute approximate surface area is 122 Å². The van der Waals surface area contributed by atoms with Crippen molar-refractivity contribution in [1.82, 2.24) is 14.9 Å². The molecule has 1 rings (SSSR count). The number of aromatic nitrogens is 2. The second kappa shape index (κ2) is 6.39. The molecule has 1 aromatic heterocycles. The highest BCUT2D eigenvalue weighted by atomic mass is 16.2. The molecule has 1 heterocycles. The molecular weight excluding hydrogens is 252 g/mol. The van der Waals surface area contributed by atoms with Gasteiger partial charge in [-0.3, -0.25) is 4.79 Å². The van der Waals surface area contributed by atoms with E-state index >= 15 is 0 Å². The van der Waals surface area contributed by atoms with E-state index in [1.54, 1.807) is 19.4 Å². The standard InChI is InChI=1S/C15H28N4O/c1-6-7-15(5,16)13(20)18-12(14(2,3)4)10-19-9-8-17-11-19/h8-9,11-12H,6-7,10,16H2,1-5H3,(H,18,20). The lowest BCUT2D eigenvalue weighted by Gasteiger charge is -2.34. The number of nitrogens with two attached hydrogens (primary N) is 1. The number of hydrogen-bond acceptors (Lipinski definition) is 3. The van der Waals surface area contributed by atoms with Gasteiger partial charge >= 0.3 is 0 Å². The summed E-state index contributed by atoms with van der Waals surface area (Å²) < 4.78 is 1.98. The van der Waals surface area contributed by atoms with Gasteiger partial charge in [-0.15, -0.1) is 0 Å². The molecule has 2 unspecified atom stereocenters. The molecule has 0 saturated heterocycles. The predicted octanol–water partition coefficient (Wildman–Crippen LogP) is 1.93. The molecule has 3 N–H and O–H groups in total. The maximum atomic E-state index is 12.4. The van der Waals surface area contributed by atoms with Crippen LogP contribution in [0.5, 0.6) is 0 Å². The Bertz CT molecular complexity index is 418. The van der Waals surface area contributed by atoms with Crippen LogP contribution in [0, 0.1) is 5.41 Å². The summed E-state index contributed by atoms with van der Waals surface area (Å²) in [7, 11) is 0. The number of hydrogen-bond donors (Lipinski definition) is 2. The molecule has 0 fully saturated rings. The van der Waals surface area contributed by atoms with Crippen LogP contribution in [0.25, 0.3) is 0 Å². The molecule has 20 heavy (non-hydrogen) atoms. The molecule has 0 radical (unpaired) electrons. The molecule has 0 aromatic carbocycles. The molecule has 0 aliphatic carbocycles. The highest BCUT2D eigenvalue weighted by Gasteiger charge is 2.33. The van der Waals surface area contributed by atoms with E-state index in [0.717, 1.165) is 6.42 Å². The molecule has 0 bridgehead atoms. The quantitative estimate of drug-likeness (QED) is 0.836. The summed E-state index contributed by atoms with van der Waals surface area (Å²) in [5.74, 6) is -0.0839. The van der Waals surface area contributed by atoms with Gasteiger partial charge in [0.25, 0.3) is 0 Å². The first-order valence-electron chi connectivity index (χ1n) is 7.22. The zero-order valence-electron chi connectivity index (χ0n) is 13.3. The Morgan fingerprint density at radius 1 is 1.40 bits per heavy atom. The minimum Gasteiger partial charge on any atom is -0.349 e. The van der Waals surface area contributed by atoms with Crippen molar-refractivity contribution in [2.45, 2.75) is 65.6 Å². The fraction of sp³-hybridized carbons (Fsp3) is 0.733. The van der Waals surface area contributed by atoms with Crippen molar-refractivity contribution in [1.29, 1.82) is 0 Å². The van der Waals surface area contributed by atoms with Crippen LogP contribution in [-0.4, -0.2) is 27.0 Å². The summed E-state index contributed by atoms with van der Waals surface area (Å²) in [6.07, 6.45) is 6.98. The molecule has 5 nitrogen and oxygen atoms in total. The second-order valence-corrected chi connectivity index (χ2v) is 6.82. The van der Waals surface area contributed by atoms with Gasteiger partial charge in [0.15, 0.2) is 0 Å². The normalized spacial score (nSPS) is 16.5. The SMILES string of the molecule is CCCC(C)(N)C(=O)NC(Cn1ccnc1)C(C)(C)C. The van der Waals surface area contributed by atoms with E-state index in [2.05, 4.69) is 31.1 Å². The van der Waals surface area contributed by atoms with E-state index < -0.39 is 5.54 Å². The summed E-state index contributed by atoms with van der Waals surface area (Å²) in [5.41, 5.74) is 5.24. The summed E-state index contributed by atoms with van der Waals surface area (Å²) in [5, 5.41) is 3.11. The lowest BCUT2D eigenvalue weighted by Crippen LogP contribution is -2.57. The number of imidazole rings is 1. The molecule has 114 valence electrons. The van der Waals surface area contributed by atoms with Crippen molar-refractivity contribution >= 4 is 5.91 Å².